The van der Waals surface area contributed by atoms with Gasteiger partial charge in [0.05, 0.1) is 13.2 Å². The van der Waals surface area contributed by atoms with Crippen molar-refractivity contribution in [2.75, 3.05) is 13.2 Å². The quantitative estimate of drug-likeness (QED) is 0.0455. The lowest BCUT2D eigenvalue weighted by Gasteiger charge is -2.21. The molecule has 0 spiro atoms. The SMILES string of the molecule is CCCCCCC(CCCC)COC(=O)CCCCCCCCC(CCCCCCCCC(=O)OCC(CCCC)CCCCCC)CCC(CC)CCCC. The molecule has 0 aliphatic carbocycles. The van der Waals surface area contributed by atoms with Crippen LogP contribution in [0.1, 0.15) is 286 Å². The topological polar surface area (TPSA) is 52.6 Å². The summed E-state index contributed by atoms with van der Waals surface area (Å²) < 4.78 is 11.5. The Labute approximate surface area is 352 Å². The van der Waals surface area contributed by atoms with Gasteiger partial charge in [-0.15, -0.1) is 0 Å². The van der Waals surface area contributed by atoms with Crippen LogP contribution in [0.25, 0.3) is 0 Å². The van der Waals surface area contributed by atoms with Crippen LogP contribution in [0, 0.1) is 23.7 Å². The van der Waals surface area contributed by atoms with Crippen molar-refractivity contribution in [2.45, 2.75) is 286 Å². The van der Waals surface area contributed by atoms with Gasteiger partial charge in [0.2, 0.25) is 0 Å². The number of esters is 2. The number of hydrogen-bond acceptors (Lipinski definition) is 4. The average Bonchev–Trinajstić information content (AvgIpc) is 3.20. The minimum atomic E-state index is 0.0294. The van der Waals surface area contributed by atoms with E-state index in [1.165, 1.54) is 205 Å². The molecule has 0 N–H and O–H groups in total. The highest BCUT2D eigenvalue weighted by Crippen LogP contribution is 2.28. The van der Waals surface area contributed by atoms with Crippen LogP contribution in [-0.4, -0.2) is 25.2 Å². The van der Waals surface area contributed by atoms with Crippen molar-refractivity contribution in [2.24, 2.45) is 23.7 Å². The van der Waals surface area contributed by atoms with Gasteiger partial charge >= 0.3 is 11.9 Å². The van der Waals surface area contributed by atoms with Crippen molar-refractivity contribution in [1.29, 1.82) is 0 Å². The van der Waals surface area contributed by atoms with Gasteiger partial charge in [0.15, 0.2) is 0 Å². The molecule has 0 saturated carbocycles. The highest BCUT2D eigenvalue weighted by Gasteiger charge is 2.15. The lowest BCUT2D eigenvalue weighted by molar-refractivity contribution is -0.146. The highest BCUT2D eigenvalue weighted by molar-refractivity contribution is 5.69. The molecule has 3 unspecified atom stereocenters. The number of carbonyl (C=O) groups is 2. The van der Waals surface area contributed by atoms with Crippen LogP contribution in [0.2, 0.25) is 0 Å². The average molecular weight is 791 g/mol. The first-order chi connectivity index (χ1) is 27.4. The lowest BCUT2D eigenvalue weighted by atomic mass is 9.85. The molecule has 0 bridgehead atoms. The van der Waals surface area contributed by atoms with E-state index in [1.807, 2.05) is 0 Å². The van der Waals surface area contributed by atoms with Gasteiger partial charge in [-0.3, -0.25) is 9.59 Å². The molecule has 0 aromatic heterocycles. The Morgan fingerprint density at radius 3 is 0.964 bits per heavy atom. The third-order valence-electron chi connectivity index (χ3n) is 12.8. The number of ether oxygens (including phenoxy) is 2. The minimum Gasteiger partial charge on any atom is -0.465 e. The predicted molar refractivity (Wildman–Crippen MR) is 245 cm³/mol. The predicted octanol–water partition coefficient (Wildman–Crippen LogP) is 17.5. The molecular formula is C52H102O4. The second-order valence-electron chi connectivity index (χ2n) is 18.3. The first-order valence-electron chi connectivity index (χ1n) is 25.7. The van der Waals surface area contributed by atoms with E-state index in [1.54, 1.807) is 0 Å². The van der Waals surface area contributed by atoms with Gasteiger partial charge in [-0.25, -0.2) is 0 Å². The Morgan fingerprint density at radius 2 is 0.589 bits per heavy atom. The number of rotatable bonds is 45. The van der Waals surface area contributed by atoms with E-state index >= 15 is 0 Å². The van der Waals surface area contributed by atoms with Gasteiger partial charge in [0.1, 0.15) is 0 Å². The Hall–Kier alpha value is -1.06. The largest absolute Gasteiger partial charge is 0.465 e. The Morgan fingerprint density at radius 1 is 0.304 bits per heavy atom. The van der Waals surface area contributed by atoms with Crippen molar-refractivity contribution >= 4 is 11.9 Å². The van der Waals surface area contributed by atoms with E-state index < -0.39 is 0 Å². The zero-order chi connectivity index (χ0) is 41.2. The number of carbonyl (C=O) groups excluding carboxylic acids is 2. The fraction of sp³-hybridized carbons (Fsp3) is 0.962. The van der Waals surface area contributed by atoms with Crippen molar-refractivity contribution in [3.63, 3.8) is 0 Å². The molecule has 0 radical (unpaired) electrons. The molecule has 0 aromatic carbocycles. The van der Waals surface area contributed by atoms with Crippen molar-refractivity contribution in [1.82, 2.24) is 0 Å². The van der Waals surface area contributed by atoms with Gasteiger partial charge < -0.3 is 9.47 Å². The fourth-order valence-electron chi connectivity index (χ4n) is 8.66. The van der Waals surface area contributed by atoms with Crippen LogP contribution in [0.3, 0.4) is 0 Å². The summed E-state index contributed by atoms with van der Waals surface area (Å²) in [5.74, 6) is 2.97. The third-order valence-corrected chi connectivity index (χ3v) is 12.8. The van der Waals surface area contributed by atoms with Gasteiger partial charge in [-0.1, -0.05) is 234 Å². The molecule has 0 aromatic rings. The maximum absolute atomic E-state index is 12.5. The van der Waals surface area contributed by atoms with E-state index in [0.717, 1.165) is 37.5 Å². The fourth-order valence-corrected chi connectivity index (χ4v) is 8.66. The summed E-state index contributed by atoms with van der Waals surface area (Å²) in [5.41, 5.74) is 0. The Kier molecular flexibility index (Phi) is 42.7. The molecule has 56 heavy (non-hydrogen) atoms. The van der Waals surface area contributed by atoms with E-state index in [0.29, 0.717) is 37.9 Å². The summed E-state index contributed by atoms with van der Waals surface area (Å²) in [5, 5.41) is 0. The van der Waals surface area contributed by atoms with Gasteiger partial charge in [0.25, 0.3) is 0 Å². The Balaban J connectivity index is 4.32. The molecule has 0 rings (SSSR count). The monoisotopic (exact) mass is 791 g/mol. The number of unbranched alkanes of at least 4 members (excludes halogenated alkanes) is 19. The van der Waals surface area contributed by atoms with E-state index in [4.69, 9.17) is 9.47 Å². The maximum atomic E-state index is 12.5. The van der Waals surface area contributed by atoms with E-state index in [2.05, 4.69) is 41.5 Å². The van der Waals surface area contributed by atoms with Crippen molar-refractivity contribution < 1.29 is 19.1 Å². The van der Waals surface area contributed by atoms with Crippen LogP contribution >= 0.6 is 0 Å². The molecule has 3 atom stereocenters. The van der Waals surface area contributed by atoms with Crippen LogP contribution < -0.4 is 0 Å². The molecule has 4 nitrogen and oxygen atoms in total. The first kappa shape index (κ1) is 54.9. The minimum absolute atomic E-state index is 0.0294. The van der Waals surface area contributed by atoms with Crippen LogP contribution in [-0.2, 0) is 19.1 Å². The van der Waals surface area contributed by atoms with E-state index in [9.17, 15) is 9.59 Å². The second-order valence-corrected chi connectivity index (χ2v) is 18.3. The molecule has 0 saturated heterocycles. The molecule has 0 fully saturated rings. The van der Waals surface area contributed by atoms with Crippen molar-refractivity contribution in [3.8, 4) is 0 Å². The molecule has 4 heteroatoms. The standard InChI is InChI=1S/C52H102O4/c1-7-13-18-28-39-49(35-16-10-4)45-55-51(53)41-32-26-22-20-24-30-37-48(44-43-47(12-6)34-15-9-3)38-31-25-21-23-27-33-42-52(54)56-46-50(36-17-11-5)40-29-19-14-8-2/h47-50H,7-46H2,1-6H3. The van der Waals surface area contributed by atoms with Crippen molar-refractivity contribution in [3.05, 3.63) is 0 Å². The van der Waals surface area contributed by atoms with Gasteiger partial charge in [-0.2, -0.15) is 0 Å². The lowest BCUT2D eigenvalue weighted by Crippen LogP contribution is -2.14. The summed E-state index contributed by atoms with van der Waals surface area (Å²) in [7, 11) is 0. The normalized spacial score (nSPS) is 13.8. The van der Waals surface area contributed by atoms with E-state index in [-0.39, 0.29) is 11.9 Å². The summed E-state index contributed by atoms with van der Waals surface area (Å²) in [6, 6.07) is 0. The molecule has 0 heterocycles. The summed E-state index contributed by atoms with van der Waals surface area (Å²) in [6.07, 6.45) is 47.2. The van der Waals surface area contributed by atoms with Crippen LogP contribution in [0.4, 0.5) is 0 Å². The highest BCUT2D eigenvalue weighted by atomic mass is 16.5. The van der Waals surface area contributed by atoms with Gasteiger partial charge in [-0.05, 0) is 62.2 Å². The molecule has 0 aliphatic rings. The summed E-state index contributed by atoms with van der Waals surface area (Å²) in [6.45, 7) is 15.0. The van der Waals surface area contributed by atoms with Gasteiger partial charge in [0, 0.05) is 12.8 Å². The third kappa shape index (κ3) is 37.2. The molecule has 0 amide bonds. The summed E-state index contributed by atoms with van der Waals surface area (Å²) in [4.78, 5) is 24.9. The number of hydrogen-bond donors (Lipinski definition) is 0. The molecular weight excluding hydrogens is 689 g/mol. The maximum Gasteiger partial charge on any atom is 0.305 e. The Bertz CT molecular complexity index is 755. The second kappa shape index (κ2) is 43.5. The zero-order valence-corrected chi connectivity index (χ0v) is 39.2. The smallest absolute Gasteiger partial charge is 0.305 e. The van der Waals surface area contributed by atoms with Crippen LogP contribution in [0.15, 0.2) is 0 Å². The first-order valence-corrected chi connectivity index (χ1v) is 25.7. The van der Waals surface area contributed by atoms with Crippen LogP contribution in [0.5, 0.6) is 0 Å². The molecule has 0 aliphatic heterocycles. The summed E-state index contributed by atoms with van der Waals surface area (Å²) >= 11 is 0. The molecule has 334 valence electrons. The zero-order valence-electron chi connectivity index (χ0n) is 39.2.